The number of halogens is 1. The number of aromatic amines is 1. The molecule has 1 aromatic carbocycles. The molecule has 1 N–H and O–H groups in total. The van der Waals surface area contributed by atoms with Gasteiger partial charge in [-0.2, -0.15) is 0 Å². The van der Waals surface area contributed by atoms with Crippen molar-refractivity contribution in [1.82, 2.24) is 9.55 Å². The Morgan fingerprint density at radius 3 is 2.57 bits per heavy atom. The highest BCUT2D eigenvalue weighted by Gasteiger charge is 2.19. The van der Waals surface area contributed by atoms with E-state index in [4.69, 9.17) is 0 Å². The minimum atomic E-state index is -0.0409. The molecule has 4 nitrogen and oxygen atoms in total. The van der Waals surface area contributed by atoms with E-state index in [9.17, 15) is 4.79 Å². The van der Waals surface area contributed by atoms with Gasteiger partial charge in [0.15, 0.2) is 0 Å². The van der Waals surface area contributed by atoms with Crippen molar-refractivity contribution in [3.05, 3.63) is 70.4 Å². The summed E-state index contributed by atoms with van der Waals surface area (Å²) in [6.45, 7) is 3.88. The molecule has 0 aliphatic carbocycles. The lowest BCUT2D eigenvalue weighted by molar-refractivity contribution is -0.347. The van der Waals surface area contributed by atoms with Crippen LogP contribution >= 0.6 is 0 Å². The Bertz CT molecular complexity index is 815. The number of H-pyrrole nitrogens is 1. The number of nitrogens with one attached hydrogen (secondary N) is 1. The normalized spacial score (nSPS) is 11.9. The Morgan fingerprint density at radius 1 is 1.14 bits per heavy atom. The number of hydrogen-bond donors (Lipinski definition) is 0. The van der Waals surface area contributed by atoms with Crippen molar-refractivity contribution in [2.45, 2.75) is 19.9 Å². The van der Waals surface area contributed by atoms with Crippen molar-refractivity contribution in [3.8, 4) is 0 Å². The zero-order valence-electron chi connectivity index (χ0n) is 11.9. The van der Waals surface area contributed by atoms with Gasteiger partial charge in [-0.15, -0.1) is 0 Å². The van der Waals surface area contributed by atoms with Crippen LogP contribution in [0.5, 0.6) is 0 Å². The zero-order valence-corrected chi connectivity index (χ0v) is 12.6. The van der Waals surface area contributed by atoms with Crippen molar-refractivity contribution in [3.63, 3.8) is 0 Å². The summed E-state index contributed by atoms with van der Waals surface area (Å²) in [5, 5.41) is 0.612. The molecular formula is C16H16ClN3O. The van der Waals surface area contributed by atoms with Crippen LogP contribution in [0.4, 0.5) is 0 Å². The molecule has 1 unspecified atom stereocenters. The highest BCUT2D eigenvalue weighted by Crippen LogP contribution is 2.17. The molecule has 2 aromatic heterocycles. The maximum atomic E-state index is 12.7. The Labute approximate surface area is 128 Å². The van der Waals surface area contributed by atoms with Gasteiger partial charge < -0.3 is 12.4 Å². The summed E-state index contributed by atoms with van der Waals surface area (Å²) in [7, 11) is 0. The van der Waals surface area contributed by atoms with Gasteiger partial charge >= 0.3 is 5.65 Å². The van der Waals surface area contributed by atoms with Crippen LogP contribution in [0, 0.1) is 6.92 Å². The van der Waals surface area contributed by atoms with Crippen molar-refractivity contribution in [2.24, 2.45) is 0 Å². The summed E-state index contributed by atoms with van der Waals surface area (Å²) in [5.74, 6) is 0.710. The topological polar surface area (TPSA) is 49.0 Å². The van der Waals surface area contributed by atoms with E-state index in [1.54, 1.807) is 16.8 Å². The lowest BCUT2D eigenvalue weighted by Gasteiger charge is -2.15. The first-order chi connectivity index (χ1) is 9.68. The third-order valence-corrected chi connectivity index (χ3v) is 3.58. The minimum Gasteiger partial charge on any atom is -1.00 e. The van der Waals surface area contributed by atoms with Gasteiger partial charge in [-0.1, -0.05) is 30.3 Å². The summed E-state index contributed by atoms with van der Waals surface area (Å²) in [6, 6.07) is 13.6. The number of benzene rings is 1. The number of pyridine rings is 1. The molecule has 3 rings (SSSR count). The molecule has 0 amide bonds. The molecule has 3 aromatic rings. The summed E-state index contributed by atoms with van der Waals surface area (Å²) < 4.78 is 1.74. The summed E-state index contributed by atoms with van der Waals surface area (Å²) in [4.78, 5) is 20.2. The van der Waals surface area contributed by atoms with E-state index in [0.29, 0.717) is 16.9 Å². The van der Waals surface area contributed by atoms with Crippen LogP contribution in [0.3, 0.4) is 0 Å². The second kappa shape index (κ2) is 6.06. The highest BCUT2D eigenvalue weighted by molar-refractivity contribution is 5.69. The fourth-order valence-electron chi connectivity index (χ4n) is 2.52. The molecule has 0 fully saturated rings. The average Bonchev–Trinajstić information content (AvgIpc) is 2.48. The van der Waals surface area contributed by atoms with Gasteiger partial charge in [-0.25, -0.2) is 4.98 Å². The second-order valence-corrected chi connectivity index (χ2v) is 4.85. The van der Waals surface area contributed by atoms with Crippen LogP contribution in [0.25, 0.3) is 11.0 Å². The first kappa shape index (κ1) is 15.2. The smallest absolute Gasteiger partial charge is 0.335 e. The third-order valence-electron chi connectivity index (χ3n) is 3.58. The Balaban J connectivity index is 0.00000161. The van der Waals surface area contributed by atoms with Gasteiger partial charge in [0.05, 0.1) is 12.2 Å². The predicted molar refractivity (Wildman–Crippen MR) is 77.6 cm³/mol. The fourth-order valence-corrected chi connectivity index (χ4v) is 2.52. The van der Waals surface area contributed by atoms with Crippen molar-refractivity contribution in [2.75, 3.05) is 0 Å². The van der Waals surface area contributed by atoms with Gasteiger partial charge in [0.25, 0.3) is 5.56 Å². The van der Waals surface area contributed by atoms with Gasteiger partial charge in [0, 0.05) is 6.92 Å². The number of nitrogens with zero attached hydrogens (tertiary/aromatic N) is 2. The van der Waals surface area contributed by atoms with Gasteiger partial charge in [-0.3, -0.25) is 9.36 Å². The van der Waals surface area contributed by atoms with E-state index < -0.39 is 0 Å². The lowest BCUT2D eigenvalue weighted by Crippen LogP contribution is -3.00. The van der Waals surface area contributed by atoms with Crippen LogP contribution in [-0.4, -0.2) is 9.55 Å². The molecule has 0 radical (unpaired) electrons. The monoisotopic (exact) mass is 301 g/mol. The maximum Gasteiger partial charge on any atom is 0.335 e. The van der Waals surface area contributed by atoms with Crippen LogP contribution in [0.15, 0.2) is 53.5 Å². The van der Waals surface area contributed by atoms with E-state index in [0.717, 1.165) is 5.56 Å². The molecular weight excluding hydrogens is 286 g/mol. The Hall–Kier alpha value is -2.20. The molecule has 0 bridgehead atoms. The third kappa shape index (κ3) is 2.67. The number of hydrogen-bond acceptors (Lipinski definition) is 2. The molecule has 0 aliphatic heterocycles. The van der Waals surface area contributed by atoms with E-state index in [-0.39, 0.29) is 24.0 Å². The SMILES string of the molecule is Cc1nc2[nH+]cccc2c(=O)n1C(C)c1ccccc1.[Cl-]. The number of aryl methyl sites for hydroxylation is 1. The Kier molecular flexibility index (Phi) is 4.38. The standard InChI is InChI=1S/C16H15N3O.ClH/c1-11(13-7-4-3-5-8-13)19-12(2)18-15-14(16(19)20)9-6-10-17-15;/h3-11H,1-2H3;1H. The summed E-state index contributed by atoms with van der Waals surface area (Å²) in [5.41, 5.74) is 1.71. The molecule has 5 heteroatoms. The van der Waals surface area contributed by atoms with E-state index in [1.807, 2.05) is 50.2 Å². The summed E-state index contributed by atoms with van der Waals surface area (Å²) >= 11 is 0. The molecule has 1 atom stereocenters. The van der Waals surface area contributed by atoms with Crippen LogP contribution in [0.1, 0.15) is 24.4 Å². The molecule has 21 heavy (non-hydrogen) atoms. The average molecular weight is 302 g/mol. The number of aromatic nitrogens is 3. The molecule has 2 heterocycles. The minimum absolute atomic E-state index is 0. The van der Waals surface area contributed by atoms with E-state index in [2.05, 4.69) is 9.97 Å². The van der Waals surface area contributed by atoms with E-state index in [1.165, 1.54) is 0 Å². The van der Waals surface area contributed by atoms with Crippen LogP contribution < -0.4 is 23.0 Å². The largest absolute Gasteiger partial charge is 1.00 e. The van der Waals surface area contributed by atoms with Gasteiger partial charge in [0.2, 0.25) is 5.82 Å². The maximum absolute atomic E-state index is 12.7. The number of fused-ring (bicyclic) bond motifs is 1. The fraction of sp³-hybridized carbons (Fsp3) is 0.188. The van der Waals surface area contributed by atoms with Crippen molar-refractivity contribution < 1.29 is 17.4 Å². The highest BCUT2D eigenvalue weighted by atomic mass is 35.5. The van der Waals surface area contributed by atoms with Crippen LogP contribution in [0.2, 0.25) is 0 Å². The predicted octanol–water partition coefficient (Wildman–Crippen LogP) is -0.868. The molecule has 0 spiro atoms. The zero-order chi connectivity index (χ0) is 14.1. The van der Waals surface area contributed by atoms with Crippen LogP contribution in [-0.2, 0) is 0 Å². The Morgan fingerprint density at radius 2 is 1.86 bits per heavy atom. The quantitative estimate of drug-likeness (QED) is 0.618. The van der Waals surface area contributed by atoms with Crippen molar-refractivity contribution >= 4 is 11.0 Å². The lowest BCUT2D eigenvalue weighted by atomic mass is 10.1. The molecule has 0 aliphatic rings. The molecule has 0 saturated heterocycles. The van der Waals surface area contributed by atoms with Gasteiger partial charge in [-0.05, 0) is 29.6 Å². The molecule has 108 valence electrons. The molecule has 0 saturated carbocycles. The van der Waals surface area contributed by atoms with Crippen molar-refractivity contribution in [1.29, 1.82) is 0 Å². The number of rotatable bonds is 2. The first-order valence-electron chi connectivity index (χ1n) is 6.63. The summed E-state index contributed by atoms with van der Waals surface area (Å²) in [6.07, 6.45) is 1.78. The second-order valence-electron chi connectivity index (χ2n) is 4.85. The van der Waals surface area contributed by atoms with Gasteiger partial charge in [0.1, 0.15) is 5.39 Å². The van der Waals surface area contributed by atoms with E-state index >= 15 is 0 Å². The first-order valence-corrected chi connectivity index (χ1v) is 6.63.